The van der Waals surface area contributed by atoms with Gasteiger partial charge in [-0.15, -0.1) is 0 Å². The molecule has 0 bridgehead atoms. The molecular weight excluding hydrogens is 226 g/mol. The predicted octanol–water partition coefficient (Wildman–Crippen LogP) is 3.46. The molecule has 98 valence electrons. The highest BCUT2D eigenvalue weighted by Crippen LogP contribution is 2.32. The van der Waals surface area contributed by atoms with Gasteiger partial charge in [0.2, 0.25) is 0 Å². The number of carboxylic acid groups (broad SMARTS) is 1. The lowest BCUT2D eigenvalue weighted by Crippen LogP contribution is -2.26. The number of unbranched alkanes of at least 4 members (excludes halogenated alkanes) is 1. The molecule has 1 N–H and O–H groups in total. The van der Waals surface area contributed by atoms with Crippen molar-refractivity contribution < 1.29 is 9.90 Å². The number of nitrogens with zero attached hydrogens (tertiary/aromatic N) is 1. The first-order chi connectivity index (χ1) is 8.63. The van der Waals surface area contributed by atoms with Crippen LogP contribution in [0.1, 0.15) is 48.5 Å². The van der Waals surface area contributed by atoms with E-state index in [0.29, 0.717) is 11.6 Å². The monoisotopic (exact) mass is 247 g/mol. The van der Waals surface area contributed by atoms with Crippen molar-refractivity contribution in [1.29, 1.82) is 0 Å². The average Bonchev–Trinajstić information content (AvgIpc) is 3.13. The van der Waals surface area contributed by atoms with Crippen LogP contribution < -0.4 is 4.90 Å². The molecule has 3 heteroatoms. The van der Waals surface area contributed by atoms with E-state index in [1.165, 1.54) is 31.4 Å². The maximum Gasteiger partial charge on any atom is 0.335 e. The Morgan fingerprint density at radius 1 is 1.44 bits per heavy atom. The van der Waals surface area contributed by atoms with E-state index in [1.54, 1.807) is 6.07 Å². The summed E-state index contributed by atoms with van der Waals surface area (Å²) in [5.41, 5.74) is 2.43. The van der Waals surface area contributed by atoms with Crippen LogP contribution in [0.15, 0.2) is 18.2 Å². The van der Waals surface area contributed by atoms with Gasteiger partial charge in [0.15, 0.2) is 0 Å². The van der Waals surface area contributed by atoms with Crippen LogP contribution in [0, 0.1) is 6.92 Å². The number of hydrogen-bond donors (Lipinski definition) is 1. The van der Waals surface area contributed by atoms with Crippen molar-refractivity contribution in [3.63, 3.8) is 0 Å². The minimum absolute atomic E-state index is 0.407. The van der Waals surface area contributed by atoms with Crippen LogP contribution >= 0.6 is 0 Å². The first kappa shape index (κ1) is 12.9. The van der Waals surface area contributed by atoms with Crippen LogP contribution in [0.2, 0.25) is 0 Å². The van der Waals surface area contributed by atoms with Crippen LogP contribution in [-0.4, -0.2) is 23.7 Å². The molecule has 0 aliphatic heterocycles. The Bertz CT molecular complexity index is 438. The fourth-order valence-corrected chi connectivity index (χ4v) is 2.30. The molecule has 1 aliphatic rings. The van der Waals surface area contributed by atoms with Gasteiger partial charge in [-0.3, -0.25) is 0 Å². The van der Waals surface area contributed by atoms with Crippen molar-refractivity contribution in [2.75, 3.05) is 11.4 Å². The number of carbonyl (C=O) groups is 1. The molecular formula is C15H21NO2. The lowest BCUT2D eigenvalue weighted by molar-refractivity contribution is 0.0696. The van der Waals surface area contributed by atoms with E-state index in [0.717, 1.165) is 12.1 Å². The number of aromatic carboxylic acids is 1. The third kappa shape index (κ3) is 2.84. The molecule has 0 unspecified atom stereocenters. The lowest BCUT2D eigenvalue weighted by atomic mass is 10.1. The second-order valence-corrected chi connectivity index (χ2v) is 5.08. The van der Waals surface area contributed by atoms with Gasteiger partial charge in [-0.2, -0.15) is 0 Å². The third-order valence-electron chi connectivity index (χ3n) is 3.51. The Hall–Kier alpha value is -1.51. The molecule has 1 aromatic rings. The minimum atomic E-state index is -0.842. The largest absolute Gasteiger partial charge is 0.478 e. The Morgan fingerprint density at radius 2 is 2.17 bits per heavy atom. The maximum absolute atomic E-state index is 11.0. The summed E-state index contributed by atoms with van der Waals surface area (Å²) in [7, 11) is 0. The predicted molar refractivity (Wildman–Crippen MR) is 73.4 cm³/mol. The molecule has 0 atom stereocenters. The molecule has 0 heterocycles. The number of carboxylic acids is 1. The van der Waals surface area contributed by atoms with Gasteiger partial charge in [-0.25, -0.2) is 4.79 Å². The van der Waals surface area contributed by atoms with E-state index in [9.17, 15) is 4.79 Å². The number of anilines is 1. The van der Waals surface area contributed by atoms with Gasteiger partial charge in [0.1, 0.15) is 0 Å². The molecule has 18 heavy (non-hydrogen) atoms. The number of hydrogen-bond acceptors (Lipinski definition) is 2. The minimum Gasteiger partial charge on any atom is -0.478 e. The summed E-state index contributed by atoms with van der Waals surface area (Å²) in [5, 5.41) is 9.04. The molecule has 0 amide bonds. The molecule has 1 aliphatic carbocycles. The highest BCUT2D eigenvalue weighted by Gasteiger charge is 2.29. The summed E-state index contributed by atoms with van der Waals surface area (Å²) in [6, 6.07) is 6.36. The van der Waals surface area contributed by atoms with Gasteiger partial charge >= 0.3 is 5.97 Å². The Balaban J connectivity index is 2.19. The van der Waals surface area contributed by atoms with Crippen LogP contribution in [0.25, 0.3) is 0 Å². The number of aryl methyl sites for hydroxylation is 1. The van der Waals surface area contributed by atoms with Crippen molar-refractivity contribution in [3.8, 4) is 0 Å². The van der Waals surface area contributed by atoms with E-state index in [-0.39, 0.29) is 0 Å². The van der Waals surface area contributed by atoms with Crippen LogP contribution in [-0.2, 0) is 0 Å². The fraction of sp³-hybridized carbons (Fsp3) is 0.533. The molecule has 1 saturated carbocycles. The van der Waals surface area contributed by atoms with E-state index >= 15 is 0 Å². The Morgan fingerprint density at radius 3 is 2.67 bits per heavy atom. The molecule has 3 nitrogen and oxygen atoms in total. The van der Waals surface area contributed by atoms with Crippen LogP contribution in [0.3, 0.4) is 0 Å². The van der Waals surface area contributed by atoms with Gasteiger partial charge in [-0.05, 0) is 49.9 Å². The van der Waals surface area contributed by atoms with E-state index in [2.05, 4.69) is 11.8 Å². The summed E-state index contributed by atoms with van der Waals surface area (Å²) in [6.07, 6.45) is 4.92. The zero-order chi connectivity index (χ0) is 13.1. The van der Waals surface area contributed by atoms with E-state index < -0.39 is 5.97 Å². The summed E-state index contributed by atoms with van der Waals surface area (Å²) < 4.78 is 0. The highest BCUT2D eigenvalue weighted by molar-refractivity contribution is 5.89. The second kappa shape index (κ2) is 5.42. The van der Waals surface area contributed by atoms with Gasteiger partial charge in [0.05, 0.1) is 5.56 Å². The van der Waals surface area contributed by atoms with Gasteiger partial charge < -0.3 is 10.0 Å². The topological polar surface area (TPSA) is 40.5 Å². The third-order valence-corrected chi connectivity index (χ3v) is 3.51. The quantitative estimate of drug-likeness (QED) is 0.836. The fourth-order valence-electron chi connectivity index (χ4n) is 2.30. The normalized spacial score (nSPS) is 14.6. The molecule has 0 saturated heterocycles. The van der Waals surface area contributed by atoms with Gasteiger partial charge in [0, 0.05) is 18.3 Å². The average molecular weight is 247 g/mol. The Labute approximate surface area is 108 Å². The maximum atomic E-state index is 11.0. The zero-order valence-corrected chi connectivity index (χ0v) is 11.1. The smallest absolute Gasteiger partial charge is 0.335 e. The molecule has 0 spiro atoms. The summed E-state index contributed by atoms with van der Waals surface area (Å²) in [5.74, 6) is -0.842. The SMILES string of the molecule is CCCCN(c1ccc(C(=O)O)c(C)c1)C1CC1. The molecule has 0 radical (unpaired) electrons. The van der Waals surface area contributed by atoms with Gasteiger partial charge in [-0.1, -0.05) is 13.3 Å². The molecule has 1 aromatic carbocycles. The molecule has 2 rings (SSSR count). The van der Waals surface area contributed by atoms with Crippen molar-refractivity contribution in [1.82, 2.24) is 0 Å². The van der Waals surface area contributed by atoms with Crippen molar-refractivity contribution in [2.24, 2.45) is 0 Å². The van der Waals surface area contributed by atoms with Crippen molar-refractivity contribution in [2.45, 2.75) is 45.6 Å². The summed E-state index contributed by atoms with van der Waals surface area (Å²) >= 11 is 0. The first-order valence-electron chi connectivity index (χ1n) is 6.74. The summed E-state index contributed by atoms with van der Waals surface area (Å²) in [4.78, 5) is 13.4. The van der Waals surface area contributed by atoms with E-state index in [4.69, 9.17) is 5.11 Å². The van der Waals surface area contributed by atoms with Gasteiger partial charge in [0.25, 0.3) is 0 Å². The van der Waals surface area contributed by atoms with Crippen molar-refractivity contribution >= 4 is 11.7 Å². The van der Waals surface area contributed by atoms with Crippen molar-refractivity contribution in [3.05, 3.63) is 29.3 Å². The Kier molecular flexibility index (Phi) is 3.90. The summed E-state index contributed by atoms with van der Waals surface area (Å²) in [6.45, 7) is 5.15. The van der Waals surface area contributed by atoms with Crippen LogP contribution in [0.4, 0.5) is 5.69 Å². The number of rotatable bonds is 6. The zero-order valence-electron chi connectivity index (χ0n) is 11.1. The molecule has 0 aromatic heterocycles. The van der Waals surface area contributed by atoms with Crippen LogP contribution in [0.5, 0.6) is 0 Å². The molecule has 1 fully saturated rings. The lowest BCUT2D eigenvalue weighted by Gasteiger charge is -2.25. The highest BCUT2D eigenvalue weighted by atomic mass is 16.4. The standard InChI is InChI=1S/C15H21NO2/c1-3-4-9-16(12-5-6-12)13-7-8-14(15(17)18)11(2)10-13/h7-8,10,12H,3-6,9H2,1-2H3,(H,17,18). The number of benzene rings is 1. The second-order valence-electron chi connectivity index (χ2n) is 5.08. The first-order valence-corrected chi connectivity index (χ1v) is 6.74. The van der Waals surface area contributed by atoms with E-state index in [1.807, 2.05) is 19.1 Å².